The molecule has 0 aliphatic heterocycles. The van der Waals surface area contributed by atoms with Crippen molar-refractivity contribution in [1.82, 2.24) is 0 Å². The van der Waals surface area contributed by atoms with Crippen LogP contribution in [0.25, 0.3) is 33.4 Å². The predicted octanol–water partition coefficient (Wildman–Crippen LogP) is 13.3. The van der Waals surface area contributed by atoms with Gasteiger partial charge in [0.05, 0.1) is 5.41 Å². The number of hydrogen-bond donors (Lipinski definition) is 0. The zero-order valence-corrected chi connectivity index (χ0v) is 30.0. The van der Waals surface area contributed by atoms with Crippen molar-refractivity contribution in [2.75, 3.05) is 4.90 Å². The highest BCUT2D eigenvalue weighted by Gasteiger charge is 2.57. The molecule has 1 spiro atoms. The first kappa shape index (κ1) is 30.4. The number of anilines is 3. The second-order valence-electron chi connectivity index (χ2n) is 15.6. The third-order valence-electron chi connectivity index (χ3n) is 12.7. The van der Waals surface area contributed by atoms with E-state index in [9.17, 15) is 0 Å². The average Bonchev–Trinajstić information content (AvgIpc) is 3.77. The number of rotatable bonds is 4. The van der Waals surface area contributed by atoms with Crippen molar-refractivity contribution >= 4 is 17.1 Å². The topological polar surface area (TPSA) is 3.24 Å². The number of nitrogens with zero attached hydrogens (tertiary/aromatic N) is 1. The highest BCUT2D eigenvalue weighted by Crippen LogP contribution is 2.65. The first-order valence-electron chi connectivity index (χ1n) is 18.9. The molecule has 4 aliphatic carbocycles. The maximum Gasteiger partial charge on any atom is 0.0538 e. The van der Waals surface area contributed by atoms with E-state index in [1.807, 2.05) is 0 Å². The smallest absolute Gasteiger partial charge is 0.0538 e. The first-order chi connectivity index (χ1) is 26.0. The molecule has 0 N–H and O–H groups in total. The number of benzene rings is 7. The van der Waals surface area contributed by atoms with E-state index in [0.717, 1.165) is 5.69 Å². The van der Waals surface area contributed by atoms with Crippen LogP contribution >= 0.6 is 0 Å². The summed E-state index contributed by atoms with van der Waals surface area (Å²) in [5.41, 5.74) is 19.4. The molecule has 0 saturated carbocycles. The zero-order chi connectivity index (χ0) is 35.3. The molecule has 0 aromatic heterocycles. The summed E-state index contributed by atoms with van der Waals surface area (Å²) in [5.74, 6) is 0.620. The Kier molecular flexibility index (Phi) is 6.41. The third-order valence-corrected chi connectivity index (χ3v) is 12.7. The maximum atomic E-state index is 2.53. The molecular weight excluding hydrogens is 639 g/mol. The van der Waals surface area contributed by atoms with E-state index in [2.05, 4.69) is 207 Å². The second kappa shape index (κ2) is 11.2. The van der Waals surface area contributed by atoms with Crippen molar-refractivity contribution in [3.63, 3.8) is 0 Å². The number of hydrogen-bond acceptors (Lipinski definition) is 1. The van der Waals surface area contributed by atoms with Crippen LogP contribution in [0.1, 0.15) is 53.1 Å². The van der Waals surface area contributed by atoms with Crippen molar-refractivity contribution in [3.8, 4) is 33.4 Å². The van der Waals surface area contributed by atoms with E-state index in [4.69, 9.17) is 0 Å². The van der Waals surface area contributed by atoms with Crippen molar-refractivity contribution in [2.45, 2.75) is 30.6 Å². The molecule has 0 saturated heterocycles. The van der Waals surface area contributed by atoms with Gasteiger partial charge >= 0.3 is 0 Å². The molecule has 252 valence electrons. The fourth-order valence-electron chi connectivity index (χ4n) is 10.5. The van der Waals surface area contributed by atoms with E-state index in [1.165, 1.54) is 78.1 Å². The van der Waals surface area contributed by atoms with Gasteiger partial charge in [-0.25, -0.2) is 0 Å². The summed E-state index contributed by atoms with van der Waals surface area (Å²) in [7, 11) is 0. The maximum absolute atomic E-state index is 2.53. The Hall–Kier alpha value is -6.18. The summed E-state index contributed by atoms with van der Waals surface area (Å²) < 4.78 is 0. The van der Waals surface area contributed by atoms with Crippen LogP contribution in [0.4, 0.5) is 17.1 Å². The Bertz CT molecular complexity index is 2680. The minimum atomic E-state index is -0.288. The van der Waals surface area contributed by atoms with Crippen LogP contribution in [-0.4, -0.2) is 0 Å². The van der Waals surface area contributed by atoms with Gasteiger partial charge < -0.3 is 4.90 Å². The molecule has 3 atom stereocenters. The van der Waals surface area contributed by atoms with Crippen LogP contribution in [0.5, 0.6) is 0 Å². The van der Waals surface area contributed by atoms with E-state index < -0.39 is 0 Å². The van der Waals surface area contributed by atoms with Crippen LogP contribution in [-0.2, 0) is 10.8 Å². The van der Waals surface area contributed by atoms with Crippen molar-refractivity contribution in [2.24, 2.45) is 5.92 Å². The summed E-state index contributed by atoms with van der Waals surface area (Å²) in [4.78, 5) is 2.50. The Morgan fingerprint density at radius 1 is 0.415 bits per heavy atom. The fourth-order valence-corrected chi connectivity index (χ4v) is 10.5. The second-order valence-corrected chi connectivity index (χ2v) is 15.6. The summed E-state index contributed by atoms with van der Waals surface area (Å²) >= 11 is 0. The molecule has 4 aliphatic rings. The molecule has 7 aromatic rings. The SMILES string of the molecule is CC1(C)c2ccccc2-c2ccc(N(c3cccc(-c4ccccc4)c3)c3ccc4c(c3)C3(c5ccccc5-4)c4ccccc4C4C=CC=CC43)cc21. The van der Waals surface area contributed by atoms with Crippen molar-refractivity contribution in [1.29, 1.82) is 0 Å². The molecule has 53 heavy (non-hydrogen) atoms. The third kappa shape index (κ3) is 4.14. The van der Waals surface area contributed by atoms with Gasteiger partial charge in [-0.1, -0.05) is 166 Å². The summed E-state index contributed by atoms with van der Waals surface area (Å²) in [6.07, 6.45) is 9.41. The van der Waals surface area contributed by atoms with Gasteiger partial charge in [0.25, 0.3) is 0 Å². The molecule has 0 bridgehead atoms. The highest BCUT2D eigenvalue weighted by molar-refractivity contribution is 5.91. The lowest BCUT2D eigenvalue weighted by Gasteiger charge is -2.37. The lowest BCUT2D eigenvalue weighted by molar-refractivity contribution is 0.465. The van der Waals surface area contributed by atoms with Crippen molar-refractivity contribution < 1.29 is 0 Å². The van der Waals surface area contributed by atoms with Gasteiger partial charge in [-0.15, -0.1) is 0 Å². The van der Waals surface area contributed by atoms with E-state index >= 15 is 0 Å². The predicted molar refractivity (Wildman–Crippen MR) is 220 cm³/mol. The minimum Gasteiger partial charge on any atom is -0.310 e. The van der Waals surface area contributed by atoms with E-state index in [-0.39, 0.29) is 16.7 Å². The quantitative estimate of drug-likeness (QED) is 0.179. The Balaban J connectivity index is 1.16. The van der Waals surface area contributed by atoms with Crippen LogP contribution < -0.4 is 4.90 Å². The van der Waals surface area contributed by atoms with Gasteiger partial charge in [0.1, 0.15) is 0 Å². The normalized spacial score (nSPS) is 20.3. The molecule has 7 aromatic carbocycles. The number of allylic oxidation sites excluding steroid dienone is 4. The first-order valence-corrected chi connectivity index (χ1v) is 18.9. The molecule has 0 radical (unpaired) electrons. The minimum absolute atomic E-state index is 0.105. The fraction of sp³-hybridized carbons (Fsp3) is 0.115. The van der Waals surface area contributed by atoms with Crippen LogP contribution in [0.15, 0.2) is 188 Å². The Labute approximate surface area is 312 Å². The Morgan fingerprint density at radius 3 is 1.77 bits per heavy atom. The standard InChI is InChI=1S/C52H39N/c1-51(2)45-23-10-6-19-39(45)43-29-27-37(32-49(43)51)53(36-18-14-17-35(31-36)34-15-4-3-5-16-34)38-28-30-44-42-22-9-13-26-48(42)52(50(44)33-38)46-24-11-7-20-40(46)41-21-8-12-25-47(41)52/h3-33,40,46H,1-2H3. The van der Waals surface area contributed by atoms with Crippen LogP contribution in [0.2, 0.25) is 0 Å². The largest absolute Gasteiger partial charge is 0.310 e. The van der Waals surface area contributed by atoms with Gasteiger partial charge in [0, 0.05) is 34.3 Å². The summed E-state index contributed by atoms with van der Waals surface area (Å²) in [6, 6.07) is 61.5. The van der Waals surface area contributed by atoms with Gasteiger partial charge in [0.15, 0.2) is 0 Å². The lowest BCUT2D eigenvalue weighted by atomic mass is 9.65. The average molecular weight is 678 g/mol. The molecule has 1 nitrogen and oxygen atoms in total. The zero-order valence-electron chi connectivity index (χ0n) is 30.0. The van der Waals surface area contributed by atoms with E-state index in [1.54, 1.807) is 0 Å². The van der Waals surface area contributed by atoms with Gasteiger partial charge in [-0.2, -0.15) is 0 Å². The molecule has 3 unspecified atom stereocenters. The molecule has 1 heteroatoms. The van der Waals surface area contributed by atoms with Crippen molar-refractivity contribution in [3.05, 3.63) is 221 Å². The lowest BCUT2D eigenvalue weighted by Crippen LogP contribution is -2.33. The van der Waals surface area contributed by atoms with Crippen LogP contribution in [0, 0.1) is 5.92 Å². The monoisotopic (exact) mass is 677 g/mol. The molecule has 0 amide bonds. The molecule has 0 fully saturated rings. The van der Waals surface area contributed by atoms with Gasteiger partial charge in [-0.05, 0) is 103 Å². The Morgan fingerprint density at radius 2 is 0.981 bits per heavy atom. The summed E-state index contributed by atoms with van der Waals surface area (Å²) in [5, 5.41) is 0. The molecule has 11 rings (SSSR count). The van der Waals surface area contributed by atoms with Gasteiger partial charge in [0.2, 0.25) is 0 Å². The van der Waals surface area contributed by atoms with E-state index in [0.29, 0.717) is 5.92 Å². The van der Waals surface area contributed by atoms with Crippen LogP contribution in [0.3, 0.4) is 0 Å². The van der Waals surface area contributed by atoms with Gasteiger partial charge in [-0.3, -0.25) is 0 Å². The summed E-state index contributed by atoms with van der Waals surface area (Å²) in [6.45, 7) is 4.75. The molecule has 0 heterocycles. The number of fused-ring (bicyclic) bond motifs is 13. The molecular formula is C52H39N. The highest BCUT2D eigenvalue weighted by atomic mass is 15.1.